The van der Waals surface area contributed by atoms with Crippen LogP contribution < -0.4 is 16.8 Å². The number of halogens is 1. The maximum absolute atomic E-state index is 13.2. The number of nitrogens with two attached hydrogens (primary N) is 2. The third kappa shape index (κ3) is 6.08. The van der Waals surface area contributed by atoms with Gasteiger partial charge in [0.05, 0.1) is 24.8 Å². The summed E-state index contributed by atoms with van der Waals surface area (Å²) in [5.74, 6) is -1.56. The Bertz CT molecular complexity index is 1520. The number of aliphatic hydroxyl groups is 2. The summed E-state index contributed by atoms with van der Waals surface area (Å²) >= 11 is 0. The van der Waals surface area contributed by atoms with E-state index in [1.165, 1.54) is 40.9 Å². The molecule has 1 saturated carbocycles. The van der Waals surface area contributed by atoms with Gasteiger partial charge in [0.15, 0.2) is 11.9 Å². The van der Waals surface area contributed by atoms with Gasteiger partial charge in [-0.05, 0) is 49.1 Å². The van der Waals surface area contributed by atoms with Crippen LogP contribution in [0.2, 0.25) is 0 Å². The number of nitrogens with one attached hydrogen (secondary N) is 1. The zero-order chi connectivity index (χ0) is 30.8. The number of ether oxygens (including phenoxy) is 2. The van der Waals surface area contributed by atoms with Crippen LogP contribution in [0.1, 0.15) is 49.8 Å². The van der Waals surface area contributed by atoms with E-state index in [1.54, 1.807) is 0 Å². The predicted molar refractivity (Wildman–Crippen MR) is 149 cm³/mol. The number of nitriles is 1. The van der Waals surface area contributed by atoms with Crippen LogP contribution in [-0.4, -0.2) is 73.2 Å². The molecule has 3 aromatic rings. The van der Waals surface area contributed by atoms with Crippen LogP contribution in [0.25, 0.3) is 5.52 Å². The van der Waals surface area contributed by atoms with E-state index >= 15 is 0 Å². The molecule has 1 aromatic carbocycles. The van der Waals surface area contributed by atoms with Crippen molar-refractivity contribution in [3.05, 3.63) is 59.8 Å². The predicted octanol–water partition coefficient (Wildman–Crippen LogP) is 0.811. The topological polar surface area (TPSA) is 211 Å². The van der Waals surface area contributed by atoms with Crippen LogP contribution in [0.5, 0.6) is 0 Å². The first kappa shape index (κ1) is 30.5. The first-order valence-corrected chi connectivity index (χ1v) is 14.1. The van der Waals surface area contributed by atoms with Gasteiger partial charge in [0, 0.05) is 5.54 Å². The zero-order valence-corrected chi connectivity index (χ0v) is 23.4. The third-order valence-electron chi connectivity index (χ3n) is 8.17. The Kier molecular flexibility index (Phi) is 8.72. The summed E-state index contributed by atoms with van der Waals surface area (Å²) in [6.45, 7) is -0.641. The lowest BCUT2D eigenvalue weighted by molar-refractivity contribution is -0.158. The van der Waals surface area contributed by atoms with Crippen molar-refractivity contribution in [1.82, 2.24) is 14.6 Å². The van der Waals surface area contributed by atoms with Gasteiger partial charge in [-0.15, -0.1) is 0 Å². The van der Waals surface area contributed by atoms with E-state index in [-0.39, 0.29) is 29.9 Å². The van der Waals surface area contributed by atoms with E-state index in [1.807, 2.05) is 6.07 Å². The number of nitrogens with zero attached hydrogens (tertiary/aromatic N) is 4. The van der Waals surface area contributed by atoms with E-state index < -0.39 is 59.8 Å². The molecule has 2 fully saturated rings. The molecule has 228 valence electrons. The molecule has 43 heavy (non-hydrogen) atoms. The molecule has 1 amide bonds. The minimum Gasteiger partial charge on any atom is -0.456 e. The average Bonchev–Trinajstić information content (AvgIpc) is 3.54. The van der Waals surface area contributed by atoms with Gasteiger partial charge in [0.2, 0.25) is 11.5 Å². The zero-order valence-electron chi connectivity index (χ0n) is 23.4. The molecular weight excluding hydrogens is 561 g/mol. The fourth-order valence-corrected chi connectivity index (χ4v) is 5.85. The SMILES string of the molecule is N#C[C@@]1(c2ccc3c(NC(=O)[C@@H](N)Cc4ccc(F)cc4)ncnn23)O[C@H](CO)[C@@H](OC(=O)CC2(N)CCCCC2)[C@H]1O. The number of fused-ring (bicyclic) bond motifs is 1. The minimum absolute atomic E-state index is 0.0607. The molecule has 5 rings (SSSR count). The number of amides is 1. The van der Waals surface area contributed by atoms with Gasteiger partial charge in [-0.1, -0.05) is 31.4 Å². The standard InChI is InChI=1S/C29H34FN7O6/c30-18-6-4-17(5-7-18)12-19(32)27(41)36-26-20-8-9-22(37(20)35-16-34-26)29(15-31)25(40)24(21(14-38)43-29)42-23(39)13-28(33)10-2-1-3-11-28/h4-9,16,19,21,24-25,38,40H,1-3,10-14,32-33H2,(H,34,35,36,41)/t19-,21+,24+,25+,29-/m0/s1. The maximum Gasteiger partial charge on any atom is 0.308 e. The third-order valence-corrected chi connectivity index (χ3v) is 8.17. The lowest BCUT2D eigenvalue weighted by Crippen LogP contribution is -2.47. The maximum atomic E-state index is 13.2. The van der Waals surface area contributed by atoms with Crippen LogP contribution in [0.3, 0.4) is 0 Å². The quantitative estimate of drug-likeness (QED) is 0.218. The van der Waals surface area contributed by atoms with E-state index in [4.69, 9.17) is 20.9 Å². The highest BCUT2D eigenvalue weighted by molar-refractivity contribution is 5.97. The van der Waals surface area contributed by atoms with Gasteiger partial charge in [0.1, 0.15) is 35.9 Å². The summed E-state index contributed by atoms with van der Waals surface area (Å²) in [6, 6.07) is 9.59. The smallest absolute Gasteiger partial charge is 0.308 e. The van der Waals surface area contributed by atoms with Crippen molar-refractivity contribution in [1.29, 1.82) is 5.26 Å². The molecule has 0 bridgehead atoms. The van der Waals surface area contributed by atoms with E-state index in [2.05, 4.69) is 15.4 Å². The minimum atomic E-state index is -2.09. The first-order valence-electron chi connectivity index (χ1n) is 14.1. The Morgan fingerprint density at radius 3 is 2.63 bits per heavy atom. The molecule has 1 aliphatic carbocycles. The van der Waals surface area contributed by atoms with Crippen LogP contribution in [0, 0.1) is 17.1 Å². The molecule has 2 aromatic heterocycles. The summed E-state index contributed by atoms with van der Waals surface area (Å²) in [6.07, 6.45) is 1.13. The van der Waals surface area contributed by atoms with Crippen LogP contribution in [0.4, 0.5) is 10.2 Å². The number of hydrogen-bond donors (Lipinski definition) is 5. The lowest BCUT2D eigenvalue weighted by Gasteiger charge is -2.33. The number of benzene rings is 1. The Balaban J connectivity index is 1.36. The van der Waals surface area contributed by atoms with Crippen molar-refractivity contribution in [3.63, 3.8) is 0 Å². The molecule has 3 heterocycles. The van der Waals surface area contributed by atoms with Gasteiger partial charge in [-0.3, -0.25) is 9.59 Å². The van der Waals surface area contributed by atoms with Crippen LogP contribution in [0.15, 0.2) is 42.7 Å². The highest BCUT2D eigenvalue weighted by Gasteiger charge is 2.59. The van der Waals surface area contributed by atoms with Crippen molar-refractivity contribution in [2.45, 2.75) is 80.4 Å². The molecule has 5 atom stereocenters. The summed E-state index contributed by atoms with van der Waals surface area (Å²) in [4.78, 5) is 29.9. The largest absolute Gasteiger partial charge is 0.456 e. The normalized spacial score (nSPS) is 25.6. The molecule has 1 aliphatic heterocycles. The number of carbonyl (C=O) groups is 2. The van der Waals surface area contributed by atoms with Crippen LogP contribution in [-0.2, 0) is 31.1 Å². The van der Waals surface area contributed by atoms with Gasteiger partial charge < -0.3 is 36.5 Å². The van der Waals surface area contributed by atoms with Crippen molar-refractivity contribution in [2.24, 2.45) is 11.5 Å². The van der Waals surface area contributed by atoms with E-state index in [9.17, 15) is 29.5 Å². The molecule has 7 N–H and O–H groups in total. The Hall–Kier alpha value is -4.00. The summed E-state index contributed by atoms with van der Waals surface area (Å²) in [7, 11) is 0. The molecule has 0 radical (unpaired) electrons. The number of rotatable bonds is 9. The number of esters is 1. The molecule has 2 aliphatic rings. The Morgan fingerprint density at radius 1 is 1.23 bits per heavy atom. The molecule has 13 nitrogen and oxygen atoms in total. The van der Waals surface area contributed by atoms with Crippen molar-refractivity contribution >= 4 is 23.2 Å². The van der Waals surface area contributed by atoms with Crippen molar-refractivity contribution < 1.29 is 33.7 Å². The second kappa shape index (κ2) is 12.3. The second-order valence-corrected chi connectivity index (χ2v) is 11.2. The monoisotopic (exact) mass is 595 g/mol. The van der Waals surface area contributed by atoms with Gasteiger partial charge in [-0.25, -0.2) is 13.9 Å². The fourth-order valence-electron chi connectivity index (χ4n) is 5.85. The highest BCUT2D eigenvalue weighted by atomic mass is 19.1. The van der Waals surface area contributed by atoms with E-state index in [0.717, 1.165) is 25.6 Å². The first-order chi connectivity index (χ1) is 20.6. The fraction of sp³-hybridized carbons (Fsp3) is 0.483. The molecule has 1 saturated heterocycles. The molecule has 0 spiro atoms. The Morgan fingerprint density at radius 2 is 1.95 bits per heavy atom. The number of carbonyl (C=O) groups excluding carboxylic acids is 2. The van der Waals surface area contributed by atoms with E-state index in [0.29, 0.717) is 18.4 Å². The van der Waals surface area contributed by atoms with Crippen molar-refractivity contribution in [3.8, 4) is 6.07 Å². The summed E-state index contributed by atoms with van der Waals surface area (Å²) < 4.78 is 25.9. The number of anilines is 1. The number of aromatic nitrogens is 3. The van der Waals surface area contributed by atoms with Gasteiger partial charge >= 0.3 is 5.97 Å². The van der Waals surface area contributed by atoms with Crippen molar-refractivity contribution in [2.75, 3.05) is 11.9 Å². The summed E-state index contributed by atoms with van der Waals surface area (Å²) in [5.41, 5.74) is 10.7. The number of aliphatic hydroxyl groups excluding tert-OH is 2. The molecular formula is C29H34FN7O6. The summed E-state index contributed by atoms with van der Waals surface area (Å²) in [5, 5.41) is 38.5. The lowest BCUT2D eigenvalue weighted by atomic mass is 9.80. The Labute approximate surface area is 246 Å². The number of hydrogen-bond acceptors (Lipinski definition) is 11. The molecule has 14 heteroatoms. The van der Waals surface area contributed by atoms with Crippen LogP contribution >= 0.6 is 0 Å². The molecule has 0 unspecified atom stereocenters. The van der Waals surface area contributed by atoms with Gasteiger partial charge in [0.25, 0.3) is 0 Å². The average molecular weight is 596 g/mol. The van der Waals surface area contributed by atoms with Gasteiger partial charge in [-0.2, -0.15) is 10.4 Å². The highest BCUT2D eigenvalue weighted by Crippen LogP contribution is 2.42. The second-order valence-electron chi connectivity index (χ2n) is 11.2.